The minimum absolute atomic E-state index is 0.475. The van der Waals surface area contributed by atoms with Gasteiger partial charge in [0.1, 0.15) is 19.9 Å². The average molecular weight is 238 g/mol. The van der Waals surface area contributed by atoms with E-state index in [2.05, 4.69) is 14.2 Å². The highest BCUT2D eigenvalue weighted by molar-refractivity contribution is 4.38. The fraction of sp³-hybridized carbons (Fsp3) is 1.00. The van der Waals surface area contributed by atoms with E-state index in [0.29, 0.717) is 0 Å². The predicted octanol–water partition coefficient (Wildman–Crippen LogP) is 1.82. The van der Waals surface area contributed by atoms with Crippen LogP contribution in [0.2, 0.25) is 0 Å². The number of rotatable bonds is 9. The number of hydrogen-bond donors (Lipinski definition) is 0. The number of halogens is 5. The van der Waals surface area contributed by atoms with Gasteiger partial charge in [-0.15, -0.1) is 0 Å². The molecule has 0 aliphatic heterocycles. The van der Waals surface area contributed by atoms with E-state index in [1.807, 2.05) is 0 Å². The summed E-state index contributed by atoms with van der Waals surface area (Å²) in [5.74, 6) is 0. The van der Waals surface area contributed by atoms with Crippen LogP contribution in [-0.4, -0.2) is 45.8 Å². The molecular weight excluding hydrogens is 227 g/mol. The van der Waals surface area contributed by atoms with Crippen LogP contribution in [0.15, 0.2) is 0 Å². The largest absolute Gasteiger partial charge is 0.327 e. The summed E-state index contributed by atoms with van der Waals surface area (Å²) in [5.41, 5.74) is 0. The first-order valence-electron chi connectivity index (χ1n) is 4.03. The molecule has 0 atom stereocenters. The Morgan fingerprint density at radius 1 is 0.800 bits per heavy atom. The lowest BCUT2D eigenvalue weighted by atomic mass is 10.7. The van der Waals surface area contributed by atoms with Gasteiger partial charge in [0.2, 0.25) is 0 Å². The van der Waals surface area contributed by atoms with Crippen molar-refractivity contribution in [2.24, 2.45) is 0 Å². The lowest BCUT2D eigenvalue weighted by molar-refractivity contribution is -0.303. The molecule has 0 amide bonds. The van der Waals surface area contributed by atoms with E-state index >= 15 is 0 Å². The molecule has 0 N–H and O–H groups in total. The van der Waals surface area contributed by atoms with Crippen molar-refractivity contribution in [3.63, 3.8) is 0 Å². The molecule has 0 aromatic heterocycles. The van der Waals surface area contributed by atoms with Crippen LogP contribution in [0.4, 0.5) is 22.0 Å². The van der Waals surface area contributed by atoms with E-state index < -0.39 is 45.8 Å². The quantitative estimate of drug-likeness (QED) is 0.453. The third kappa shape index (κ3) is 9.83. The highest BCUT2D eigenvalue weighted by Gasteiger charge is 2.15. The molecule has 0 aliphatic rings. The van der Waals surface area contributed by atoms with Crippen LogP contribution in [0.25, 0.3) is 0 Å². The Bertz CT molecular complexity index is 135. The zero-order chi connectivity index (χ0) is 11.7. The smallest absolute Gasteiger partial charge is 0.272 e. The fourth-order valence-electron chi connectivity index (χ4n) is 0.588. The van der Waals surface area contributed by atoms with E-state index in [9.17, 15) is 22.0 Å². The third-order valence-corrected chi connectivity index (χ3v) is 1.05. The highest BCUT2D eigenvalue weighted by Crippen LogP contribution is 2.04. The minimum Gasteiger partial charge on any atom is -0.327 e. The minimum atomic E-state index is -2.78. The third-order valence-electron chi connectivity index (χ3n) is 1.05. The van der Waals surface area contributed by atoms with Gasteiger partial charge in [-0.2, -0.15) is 0 Å². The van der Waals surface area contributed by atoms with Gasteiger partial charge < -0.3 is 14.2 Å². The Labute approximate surface area is 83.1 Å². The SMILES string of the molecule is FCCOC(OCC(F)F)OCC(F)F. The first kappa shape index (κ1) is 14.5. The van der Waals surface area contributed by atoms with Crippen LogP contribution in [0.1, 0.15) is 0 Å². The van der Waals surface area contributed by atoms with E-state index in [1.165, 1.54) is 0 Å². The molecule has 92 valence electrons. The van der Waals surface area contributed by atoms with E-state index in [-0.39, 0.29) is 0 Å². The van der Waals surface area contributed by atoms with Crippen molar-refractivity contribution in [3.8, 4) is 0 Å². The monoisotopic (exact) mass is 238 g/mol. The van der Waals surface area contributed by atoms with E-state index in [4.69, 9.17) is 0 Å². The van der Waals surface area contributed by atoms with Gasteiger partial charge in [-0.1, -0.05) is 0 Å². The summed E-state index contributed by atoms with van der Waals surface area (Å²) in [6.07, 6.45) is -5.56. The van der Waals surface area contributed by atoms with Gasteiger partial charge >= 0.3 is 0 Å². The number of ether oxygens (including phenoxy) is 3. The molecule has 0 saturated carbocycles. The summed E-state index contributed by atoms with van der Waals surface area (Å²) in [5, 5.41) is 0. The van der Waals surface area contributed by atoms with Gasteiger partial charge in [-0.3, -0.25) is 0 Å². The Morgan fingerprint density at radius 2 is 1.27 bits per heavy atom. The van der Waals surface area contributed by atoms with Gasteiger partial charge in [-0.25, -0.2) is 22.0 Å². The maximum absolute atomic E-state index is 11.7. The maximum atomic E-state index is 11.7. The van der Waals surface area contributed by atoms with Crippen molar-refractivity contribution >= 4 is 0 Å². The topological polar surface area (TPSA) is 27.7 Å². The van der Waals surface area contributed by atoms with Crippen molar-refractivity contribution in [1.29, 1.82) is 0 Å². The van der Waals surface area contributed by atoms with E-state index in [0.717, 1.165) is 0 Å². The van der Waals surface area contributed by atoms with Gasteiger partial charge in [0.15, 0.2) is 0 Å². The molecule has 0 rings (SSSR count). The normalized spacial score (nSPS) is 12.0. The molecule has 0 aromatic rings. The van der Waals surface area contributed by atoms with Gasteiger partial charge in [0.25, 0.3) is 19.3 Å². The summed E-state index contributed by atoms with van der Waals surface area (Å²) in [6, 6.07) is 0. The van der Waals surface area contributed by atoms with Gasteiger partial charge in [0, 0.05) is 0 Å². The Morgan fingerprint density at radius 3 is 1.60 bits per heavy atom. The standard InChI is InChI=1S/C7H11F5O3/c8-1-2-13-7(14-3-5(9)10)15-4-6(11)12/h5-7H,1-4H2. The first-order valence-corrected chi connectivity index (χ1v) is 4.03. The first-order chi connectivity index (χ1) is 7.06. The Balaban J connectivity index is 3.73. The van der Waals surface area contributed by atoms with Crippen molar-refractivity contribution in [3.05, 3.63) is 0 Å². The summed E-state index contributed by atoms with van der Waals surface area (Å²) in [7, 11) is 0. The molecule has 0 radical (unpaired) electrons. The maximum Gasteiger partial charge on any atom is 0.272 e. The molecule has 0 aromatic carbocycles. The molecule has 0 heterocycles. The van der Waals surface area contributed by atoms with Crippen LogP contribution in [0.3, 0.4) is 0 Å². The van der Waals surface area contributed by atoms with Crippen molar-refractivity contribution in [2.45, 2.75) is 19.3 Å². The summed E-state index contributed by atoms with van der Waals surface area (Å²) < 4.78 is 71.2. The predicted molar refractivity (Wildman–Crippen MR) is 39.6 cm³/mol. The molecule has 15 heavy (non-hydrogen) atoms. The zero-order valence-electron chi connectivity index (χ0n) is 7.68. The summed E-state index contributed by atoms with van der Waals surface area (Å²) >= 11 is 0. The van der Waals surface area contributed by atoms with Crippen molar-refractivity contribution in [1.82, 2.24) is 0 Å². The zero-order valence-corrected chi connectivity index (χ0v) is 7.68. The van der Waals surface area contributed by atoms with Crippen LogP contribution in [0, 0.1) is 0 Å². The number of hydrogen-bond acceptors (Lipinski definition) is 3. The molecular formula is C7H11F5O3. The summed E-state index contributed by atoms with van der Waals surface area (Å²) in [6.45, 7) is -5.12. The second kappa shape index (κ2) is 8.81. The molecule has 0 aliphatic carbocycles. The fourth-order valence-corrected chi connectivity index (χ4v) is 0.588. The van der Waals surface area contributed by atoms with Crippen LogP contribution < -0.4 is 0 Å². The molecule has 0 unspecified atom stereocenters. The van der Waals surface area contributed by atoms with Gasteiger partial charge in [0.05, 0.1) is 6.61 Å². The molecule has 0 fully saturated rings. The van der Waals surface area contributed by atoms with Gasteiger partial charge in [-0.05, 0) is 0 Å². The molecule has 0 bridgehead atoms. The average Bonchev–Trinajstić information content (AvgIpc) is 2.16. The highest BCUT2D eigenvalue weighted by atomic mass is 19.3. The van der Waals surface area contributed by atoms with Crippen molar-refractivity contribution < 1.29 is 36.2 Å². The lowest BCUT2D eigenvalue weighted by Gasteiger charge is -2.17. The Kier molecular flexibility index (Phi) is 8.53. The Hall–Kier alpha value is -0.470. The molecule has 0 spiro atoms. The lowest BCUT2D eigenvalue weighted by Crippen LogP contribution is -2.26. The van der Waals surface area contributed by atoms with Crippen LogP contribution in [-0.2, 0) is 14.2 Å². The molecule has 0 saturated heterocycles. The number of alkyl halides is 5. The molecule has 3 nitrogen and oxygen atoms in total. The van der Waals surface area contributed by atoms with E-state index in [1.54, 1.807) is 0 Å². The van der Waals surface area contributed by atoms with Crippen LogP contribution in [0.5, 0.6) is 0 Å². The molecule has 8 heteroatoms. The van der Waals surface area contributed by atoms with Crippen molar-refractivity contribution in [2.75, 3.05) is 26.5 Å². The second-order valence-corrected chi connectivity index (χ2v) is 2.30. The van der Waals surface area contributed by atoms with Crippen LogP contribution >= 0.6 is 0 Å². The second-order valence-electron chi connectivity index (χ2n) is 2.30. The summed E-state index contributed by atoms with van der Waals surface area (Å²) in [4.78, 5) is 0.